The molecule has 2 N–H and O–H groups in total. The Bertz CT molecular complexity index is 539. The van der Waals surface area contributed by atoms with Crippen LogP contribution in [0.3, 0.4) is 0 Å². The first kappa shape index (κ1) is 12.2. The molecule has 2 atom stereocenters. The molecule has 2 unspecified atom stereocenters. The van der Waals surface area contributed by atoms with Crippen molar-refractivity contribution in [3.8, 4) is 0 Å². The van der Waals surface area contributed by atoms with Gasteiger partial charge in [-0.3, -0.25) is 14.9 Å². The van der Waals surface area contributed by atoms with E-state index in [4.69, 9.17) is 0 Å². The van der Waals surface area contributed by atoms with Crippen LogP contribution < -0.4 is 10.6 Å². The fourth-order valence-electron chi connectivity index (χ4n) is 3.06. The first-order chi connectivity index (χ1) is 9.13. The molecular weight excluding hydrogens is 240 g/mol. The van der Waals surface area contributed by atoms with Gasteiger partial charge in [-0.05, 0) is 37.0 Å². The fraction of sp³-hybridized carbons (Fsp3) is 0.467. The lowest BCUT2D eigenvalue weighted by Gasteiger charge is -2.28. The Kier molecular flexibility index (Phi) is 3.01. The summed E-state index contributed by atoms with van der Waals surface area (Å²) in [5, 5.41) is 5.80. The van der Waals surface area contributed by atoms with E-state index in [0.717, 1.165) is 11.6 Å². The van der Waals surface area contributed by atoms with Crippen molar-refractivity contribution in [1.82, 2.24) is 5.32 Å². The van der Waals surface area contributed by atoms with Gasteiger partial charge in [-0.1, -0.05) is 19.8 Å². The van der Waals surface area contributed by atoms with Crippen molar-refractivity contribution in [3.05, 3.63) is 29.3 Å². The molecule has 3 rings (SSSR count). The quantitative estimate of drug-likeness (QED) is 0.801. The number of amides is 2. The Morgan fingerprint density at radius 1 is 1.16 bits per heavy atom. The number of carbonyl (C=O) groups excluding carboxylic acids is 2. The SMILES string of the molecule is CC1CCCC(Nc2ccc3c(c2)C(=O)NC3=O)C1. The van der Waals surface area contributed by atoms with E-state index in [2.05, 4.69) is 17.6 Å². The van der Waals surface area contributed by atoms with Crippen LogP contribution in [0.15, 0.2) is 18.2 Å². The summed E-state index contributed by atoms with van der Waals surface area (Å²) in [7, 11) is 0. The van der Waals surface area contributed by atoms with Gasteiger partial charge < -0.3 is 5.32 Å². The van der Waals surface area contributed by atoms with E-state index in [0.29, 0.717) is 17.2 Å². The molecule has 100 valence electrons. The van der Waals surface area contributed by atoms with Gasteiger partial charge in [0.25, 0.3) is 11.8 Å². The van der Waals surface area contributed by atoms with Crippen molar-refractivity contribution in [1.29, 1.82) is 0 Å². The summed E-state index contributed by atoms with van der Waals surface area (Å²) in [4.78, 5) is 23.1. The Labute approximate surface area is 112 Å². The molecule has 2 aliphatic rings. The summed E-state index contributed by atoms with van der Waals surface area (Å²) in [6.07, 6.45) is 4.90. The van der Waals surface area contributed by atoms with Crippen LogP contribution in [0.2, 0.25) is 0 Å². The average molecular weight is 258 g/mol. The number of fused-ring (bicyclic) bond motifs is 1. The number of benzene rings is 1. The van der Waals surface area contributed by atoms with Gasteiger partial charge in [-0.15, -0.1) is 0 Å². The predicted molar refractivity (Wildman–Crippen MR) is 73.3 cm³/mol. The van der Waals surface area contributed by atoms with Crippen LogP contribution in [0.4, 0.5) is 5.69 Å². The highest BCUT2D eigenvalue weighted by atomic mass is 16.2. The molecule has 0 saturated heterocycles. The smallest absolute Gasteiger partial charge is 0.259 e. The molecule has 1 saturated carbocycles. The monoisotopic (exact) mass is 258 g/mol. The van der Waals surface area contributed by atoms with Gasteiger partial charge in [0.1, 0.15) is 0 Å². The maximum atomic E-state index is 11.6. The summed E-state index contributed by atoms with van der Waals surface area (Å²) >= 11 is 0. The topological polar surface area (TPSA) is 58.2 Å². The van der Waals surface area contributed by atoms with Gasteiger partial charge in [0.05, 0.1) is 11.1 Å². The normalized spacial score (nSPS) is 25.9. The third-order valence-electron chi connectivity index (χ3n) is 4.04. The van der Waals surface area contributed by atoms with E-state index in [1.807, 2.05) is 6.07 Å². The predicted octanol–water partition coefficient (Wildman–Crippen LogP) is 2.56. The van der Waals surface area contributed by atoms with Crippen LogP contribution in [-0.4, -0.2) is 17.9 Å². The van der Waals surface area contributed by atoms with Crippen LogP contribution in [0.1, 0.15) is 53.3 Å². The second kappa shape index (κ2) is 4.68. The van der Waals surface area contributed by atoms with Gasteiger partial charge in [-0.25, -0.2) is 0 Å². The highest BCUT2D eigenvalue weighted by molar-refractivity contribution is 6.21. The molecule has 4 heteroatoms. The lowest BCUT2D eigenvalue weighted by atomic mass is 9.87. The molecule has 1 aliphatic heterocycles. The molecule has 1 aromatic carbocycles. The second-order valence-electron chi connectivity index (χ2n) is 5.66. The number of anilines is 1. The maximum absolute atomic E-state index is 11.6. The molecule has 4 nitrogen and oxygen atoms in total. The number of hydrogen-bond donors (Lipinski definition) is 2. The number of nitrogens with one attached hydrogen (secondary N) is 2. The molecule has 1 aromatic rings. The van der Waals surface area contributed by atoms with Gasteiger partial charge in [0.2, 0.25) is 0 Å². The third kappa shape index (κ3) is 2.35. The Morgan fingerprint density at radius 2 is 1.95 bits per heavy atom. The van der Waals surface area contributed by atoms with E-state index in [1.165, 1.54) is 25.7 Å². The molecular formula is C15H18N2O2. The van der Waals surface area contributed by atoms with Gasteiger partial charge in [0.15, 0.2) is 0 Å². The molecule has 0 aromatic heterocycles. The zero-order valence-electron chi connectivity index (χ0n) is 11.0. The minimum Gasteiger partial charge on any atom is -0.382 e. The molecule has 0 bridgehead atoms. The maximum Gasteiger partial charge on any atom is 0.259 e. The number of imide groups is 1. The van der Waals surface area contributed by atoms with Gasteiger partial charge in [0, 0.05) is 11.7 Å². The van der Waals surface area contributed by atoms with Crippen LogP contribution in [0.25, 0.3) is 0 Å². The zero-order valence-corrected chi connectivity index (χ0v) is 11.0. The van der Waals surface area contributed by atoms with Crippen molar-refractivity contribution >= 4 is 17.5 Å². The van der Waals surface area contributed by atoms with Crippen molar-refractivity contribution in [2.24, 2.45) is 5.92 Å². The van der Waals surface area contributed by atoms with Gasteiger partial charge >= 0.3 is 0 Å². The molecule has 0 spiro atoms. The van der Waals surface area contributed by atoms with Crippen LogP contribution >= 0.6 is 0 Å². The van der Waals surface area contributed by atoms with Gasteiger partial charge in [-0.2, -0.15) is 0 Å². The van der Waals surface area contributed by atoms with E-state index >= 15 is 0 Å². The summed E-state index contributed by atoms with van der Waals surface area (Å²) in [6.45, 7) is 2.28. The van der Waals surface area contributed by atoms with Crippen LogP contribution in [0, 0.1) is 5.92 Å². The molecule has 1 aliphatic carbocycles. The molecule has 2 amide bonds. The van der Waals surface area contributed by atoms with Crippen LogP contribution in [0.5, 0.6) is 0 Å². The minimum atomic E-state index is -0.294. The van der Waals surface area contributed by atoms with Crippen molar-refractivity contribution < 1.29 is 9.59 Å². The molecule has 0 radical (unpaired) electrons. The van der Waals surface area contributed by atoms with E-state index in [-0.39, 0.29) is 11.8 Å². The van der Waals surface area contributed by atoms with Crippen LogP contribution in [-0.2, 0) is 0 Å². The van der Waals surface area contributed by atoms with Crippen molar-refractivity contribution in [3.63, 3.8) is 0 Å². The Morgan fingerprint density at radius 3 is 2.74 bits per heavy atom. The number of hydrogen-bond acceptors (Lipinski definition) is 3. The number of rotatable bonds is 2. The van der Waals surface area contributed by atoms with Crippen molar-refractivity contribution in [2.45, 2.75) is 38.6 Å². The highest BCUT2D eigenvalue weighted by Crippen LogP contribution is 2.27. The van der Waals surface area contributed by atoms with E-state index in [9.17, 15) is 9.59 Å². The zero-order chi connectivity index (χ0) is 13.4. The number of carbonyl (C=O) groups is 2. The Balaban J connectivity index is 1.78. The first-order valence-corrected chi connectivity index (χ1v) is 6.90. The summed E-state index contributed by atoms with van der Waals surface area (Å²) in [6, 6.07) is 5.87. The molecule has 1 fully saturated rings. The van der Waals surface area contributed by atoms with Crippen molar-refractivity contribution in [2.75, 3.05) is 5.32 Å². The lowest BCUT2D eigenvalue weighted by molar-refractivity contribution is 0.0879. The third-order valence-corrected chi connectivity index (χ3v) is 4.04. The lowest BCUT2D eigenvalue weighted by Crippen LogP contribution is -2.26. The summed E-state index contributed by atoms with van der Waals surface area (Å²) < 4.78 is 0. The molecule has 1 heterocycles. The summed E-state index contributed by atoms with van der Waals surface area (Å²) in [5.74, 6) is 0.170. The molecule has 19 heavy (non-hydrogen) atoms. The largest absolute Gasteiger partial charge is 0.382 e. The highest BCUT2D eigenvalue weighted by Gasteiger charge is 2.27. The first-order valence-electron chi connectivity index (χ1n) is 6.90. The minimum absolute atomic E-state index is 0.291. The van der Waals surface area contributed by atoms with E-state index in [1.54, 1.807) is 12.1 Å². The fourth-order valence-corrected chi connectivity index (χ4v) is 3.06. The average Bonchev–Trinajstić information content (AvgIpc) is 2.65. The Hall–Kier alpha value is -1.84. The summed E-state index contributed by atoms with van der Waals surface area (Å²) in [5.41, 5.74) is 1.90. The standard InChI is InChI=1S/C15H18N2O2/c1-9-3-2-4-10(7-9)16-11-5-6-12-13(8-11)15(19)17-14(12)18/h5-6,8-10,16H,2-4,7H2,1H3,(H,17,18,19). The van der Waals surface area contributed by atoms with E-state index < -0.39 is 0 Å². The second-order valence-corrected chi connectivity index (χ2v) is 5.66.